The van der Waals surface area contributed by atoms with Crippen molar-refractivity contribution in [3.8, 4) is 0 Å². The first-order valence-corrected chi connectivity index (χ1v) is 8.78. The molecule has 0 aliphatic carbocycles. The second kappa shape index (κ2) is 6.42. The highest BCUT2D eigenvalue weighted by atomic mass is 32.2. The highest BCUT2D eigenvalue weighted by molar-refractivity contribution is 7.99. The quantitative estimate of drug-likeness (QED) is 0.617. The molecular formula is C10H14O4S3. The molecule has 17 heavy (non-hydrogen) atoms. The summed E-state index contributed by atoms with van der Waals surface area (Å²) in [7, 11) is -2.89. The second-order valence-corrected chi connectivity index (χ2v) is 7.94. The third kappa shape index (κ3) is 5.10. The predicted octanol–water partition coefficient (Wildman–Crippen LogP) is 2.36. The topological polar surface area (TPSA) is 71.4 Å². The molecule has 0 bridgehead atoms. The molecule has 1 heterocycles. The minimum Gasteiger partial charge on any atom is -0.477 e. The average Bonchev–Trinajstić information content (AvgIpc) is 2.73. The van der Waals surface area contributed by atoms with Gasteiger partial charge in [-0.25, -0.2) is 13.2 Å². The van der Waals surface area contributed by atoms with Crippen molar-refractivity contribution >= 4 is 38.9 Å². The van der Waals surface area contributed by atoms with Gasteiger partial charge in [0, 0.05) is 16.0 Å². The van der Waals surface area contributed by atoms with Gasteiger partial charge in [0.2, 0.25) is 0 Å². The zero-order valence-electron chi connectivity index (χ0n) is 9.38. The molecule has 0 amide bonds. The highest BCUT2D eigenvalue weighted by Crippen LogP contribution is 2.25. The van der Waals surface area contributed by atoms with E-state index < -0.39 is 15.8 Å². The summed E-state index contributed by atoms with van der Waals surface area (Å²) in [5, 5.41) is 10.5. The summed E-state index contributed by atoms with van der Waals surface area (Å²) in [6.07, 6.45) is 0.596. The van der Waals surface area contributed by atoms with E-state index in [1.165, 1.54) is 23.1 Å². The standard InChI is InChI=1S/C10H14O4S3/c1-2-17(13,14)5-3-4-15-8-6-9(10(11)12)16-7-8/h6-7H,2-5H2,1H3,(H,11,12). The molecule has 7 heteroatoms. The molecule has 0 aromatic carbocycles. The predicted molar refractivity (Wildman–Crippen MR) is 70.9 cm³/mol. The van der Waals surface area contributed by atoms with E-state index in [4.69, 9.17) is 5.11 Å². The van der Waals surface area contributed by atoms with Crippen LogP contribution in [0.3, 0.4) is 0 Å². The maximum atomic E-state index is 11.2. The van der Waals surface area contributed by atoms with Gasteiger partial charge in [0.05, 0.1) is 5.75 Å². The Morgan fingerprint density at radius 3 is 2.76 bits per heavy atom. The average molecular weight is 294 g/mol. The summed E-state index contributed by atoms with van der Waals surface area (Å²) in [4.78, 5) is 11.8. The van der Waals surface area contributed by atoms with Crippen molar-refractivity contribution in [2.24, 2.45) is 0 Å². The Hall–Kier alpha value is -0.530. The normalized spacial score (nSPS) is 11.6. The summed E-state index contributed by atoms with van der Waals surface area (Å²) in [5.41, 5.74) is 0. The molecule has 4 nitrogen and oxygen atoms in total. The van der Waals surface area contributed by atoms with Crippen LogP contribution in [0.25, 0.3) is 0 Å². The molecule has 0 aliphatic rings. The summed E-state index contributed by atoms with van der Waals surface area (Å²) in [6, 6.07) is 1.62. The molecule has 1 aromatic rings. The molecule has 0 spiro atoms. The van der Waals surface area contributed by atoms with Crippen molar-refractivity contribution < 1.29 is 18.3 Å². The third-order valence-electron chi connectivity index (χ3n) is 2.09. The fraction of sp³-hybridized carbons (Fsp3) is 0.500. The van der Waals surface area contributed by atoms with Gasteiger partial charge in [-0.2, -0.15) is 0 Å². The van der Waals surface area contributed by atoms with Gasteiger partial charge in [-0.05, 0) is 18.2 Å². The van der Waals surface area contributed by atoms with Gasteiger partial charge in [-0.1, -0.05) is 6.92 Å². The minimum absolute atomic E-state index is 0.180. The number of carboxylic acids is 1. The van der Waals surface area contributed by atoms with E-state index in [-0.39, 0.29) is 11.5 Å². The molecule has 1 aromatic heterocycles. The van der Waals surface area contributed by atoms with E-state index in [9.17, 15) is 13.2 Å². The molecule has 0 unspecified atom stereocenters. The van der Waals surface area contributed by atoms with Crippen LogP contribution in [0.15, 0.2) is 16.3 Å². The summed E-state index contributed by atoms with van der Waals surface area (Å²) in [6.45, 7) is 1.64. The number of carbonyl (C=O) groups is 1. The van der Waals surface area contributed by atoms with Crippen LogP contribution in [-0.2, 0) is 9.84 Å². The first kappa shape index (κ1) is 14.5. The number of thioether (sulfide) groups is 1. The molecular weight excluding hydrogens is 280 g/mol. The SMILES string of the molecule is CCS(=O)(=O)CCCSc1csc(C(=O)O)c1. The van der Waals surface area contributed by atoms with Crippen LogP contribution in [0.4, 0.5) is 0 Å². The number of carboxylic acid groups (broad SMARTS) is 1. The number of thiophene rings is 1. The Bertz CT molecular complexity index is 475. The van der Waals surface area contributed by atoms with Crippen LogP contribution in [0.1, 0.15) is 23.0 Å². The van der Waals surface area contributed by atoms with Gasteiger partial charge >= 0.3 is 5.97 Å². The van der Waals surface area contributed by atoms with Crippen molar-refractivity contribution in [2.45, 2.75) is 18.2 Å². The van der Waals surface area contributed by atoms with E-state index >= 15 is 0 Å². The molecule has 0 atom stereocenters. The Kier molecular flexibility index (Phi) is 5.48. The lowest BCUT2D eigenvalue weighted by Crippen LogP contribution is -2.09. The maximum absolute atomic E-state index is 11.2. The first-order chi connectivity index (χ1) is 7.94. The largest absolute Gasteiger partial charge is 0.477 e. The summed E-state index contributed by atoms with van der Waals surface area (Å²) in [5.74, 6) is 0.149. The van der Waals surface area contributed by atoms with E-state index in [0.29, 0.717) is 17.1 Å². The van der Waals surface area contributed by atoms with E-state index in [1.54, 1.807) is 18.4 Å². The Labute approximate surface area is 109 Å². The third-order valence-corrected chi connectivity index (χ3v) is 6.01. The lowest BCUT2D eigenvalue weighted by molar-refractivity contribution is 0.0702. The van der Waals surface area contributed by atoms with E-state index in [0.717, 1.165) is 4.90 Å². The number of rotatable bonds is 7. The van der Waals surface area contributed by atoms with Crippen molar-refractivity contribution in [3.05, 3.63) is 16.3 Å². The molecule has 1 N–H and O–H groups in total. The molecule has 96 valence electrons. The number of sulfone groups is 1. The molecule has 0 saturated heterocycles. The molecule has 1 rings (SSSR count). The smallest absolute Gasteiger partial charge is 0.345 e. The second-order valence-electron chi connectivity index (χ2n) is 3.39. The molecule has 0 fully saturated rings. The van der Waals surface area contributed by atoms with E-state index in [2.05, 4.69) is 0 Å². The summed E-state index contributed by atoms with van der Waals surface area (Å²) >= 11 is 2.68. The van der Waals surface area contributed by atoms with Gasteiger partial charge in [0.25, 0.3) is 0 Å². The number of hydrogen-bond acceptors (Lipinski definition) is 5. The van der Waals surface area contributed by atoms with Crippen LogP contribution in [0.5, 0.6) is 0 Å². The van der Waals surface area contributed by atoms with Crippen molar-refractivity contribution in [2.75, 3.05) is 17.3 Å². The number of hydrogen-bond donors (Lipinski definition) is 1. The van der Waals surface area contributed by atoms with Crippen LogP contribution in [0.2, 0.25) is 0 Å². The maximum Gasteiger partial charge on any atom is 0.345 e. The van der Waals surface area contributed by atoms with E-state index in [1.807, 2.05) is 0 Å². The van der Waals surface area contributed by atoms with Crippen LogP contribution in [0, 0.1) is 0 Å². The van der Waals surface area contributed by atoms with Gasteiger partial charge in [0.1, 0.15) is 14.7 Å². The van der Waals surface area contributed by atoms with Crippen LogP contribution >= 0.6 is 23.1 Å². The minimum atomic E-state index is -2.89. The fourth-order valence-corrected chi connectivity index (χ4v) is 4.00. The van der Waals surface area contributed by atoms with Gasteiger partial charge in [-0.3, -0.25) is 0 Å². The highest BCUT2D eigenvalue weighted by Gasteiger charge is 2.09. The van der Waals surface area contributed by atoms with Crippen LogP contribution in [-0.4, -0.2) is 36.8 Å². The van der Waals surface area contributed by atoms with Crippen molar-refractivity contribution in [1.82, 2.24) is 0 Å². The number of aromatic carboxylic acids is 1. The van der Waals surface area contributed by atoms with Crippen molar-refractivity contribution in [1.29, 1.82) is 0 Å². The van der Waals surface area contributed by atoms with Gasteiger partial charge in [-0.15, -0.1) is 23.1 Å². The zero-order valence-corrected chi connectivity index (χ0v) is 11.8. The lowest BCUT2D eigenvalue weighted by atomic mass is 10.5. The lowest BCUT2D eigenvalue weighted by Gasteiger charge is -2.00. The summed E-state index contributed by atoms with van der Waals surface area (Å²) < 4.78 is 22.4. The molecule has 0 aliphatic heterocycles. The van der Waals surface area contributed by atoms with Crippen molar-refractivity contribution in [3.63, 3.8) is 0 Å². The fourth-order valence-electron chi connectivity index (χ4n) is 1.12. The monoisotopic (exact) mass is 294 g/mol. The van der Waals surface area contributed by atoms with Gasteiger partial charge in [0.15, 0.2) is 0 Å². The Balaban J connectivity index is 2.34. The van der Waals surface area contributed by atoms with Gasteiger partial charge < -0.3 is 5.11 Å². The Morgan fingerprint density at radius 1 is 1.53 bits per heavy atom. The Morgan fingerprint density at radius 2 is 2.24 bits per heavy atom. The van der Waals surface area contributed by atoms with Crippen LogP contribution < -0.4 is 0 Å². The first-order valence-electron chi connectivity index (χ1n) is 5.09. The zero-order chi connectivity index (χ0) is 12.9. The molecule has 0 saturated carbocycles. The molecule has 0 radical (unpaired) electrons.